The zero-order valence-corrected chi connectivity index (χ0v) is 9.08. The SMILES string of the molecule is CC(C)(O)C#C[C@H](O)C1CCCCC1. The molecule has 2 N–H and O–H groups in total. The molecule has 0 amide bonds. The molecule has 80 valence electrons. The minimum atomic E-state index is -0.990. The van der Waals surface area contributed by atoms with E-state index >= 15 is 0 Å². The fraction of sp³-hybridized carbons (Fsp3) is 0.833. The van der Waals surface area contributed by atoms with Crippen molar-refractivity contribution in [3.8, 4) is 11.8 Å². The lowest BCUT2D eigenvalue weighted by atomic mass is 9.85. The molecule has 0 radical (unpaired) electrons. The molecule has 14 heavy (non-hydrogen) atoms. The van der Waals surface area contributed by atoms with Crippen LogP contribution in [0.25, 0.3) is 0 Å². The molecule has 1 rings (SSSR count). The first-order chi connectivity index (χ1) is 6.49. The normalized spacial score (nSPS) is 21.1. The van der Waals surface area contributed by atoms with Crippen LogP contribution in [-0.2, 0) is 0 Å². The average molecular weight is 196 g/mol. The molecule has 0 heterocycles. The fourth-order valence-corrected chi connectivity index (χ4v) is 1.82. The maximum Gasteiger partial charge on any atom is 0.120 e. The van der Waals surface area contributed by atoms with Crippen molar-refractivity contribution in [2.45, 2.75) is 57.7 Å². The summed E-state index contributed by atoms with van der Waals surface area (Å²) < 4.78 is 0. The Morgan fingerprint density at radius 3 is 2.29 bits per heavy atom. The second kappa shape index (κ2) is 4.82. The monoisotopic (exact) mass is 196 g/mol. The van der Waals surface area contributed by atoms with Crippen LogP contribution in [0.3, 0.4) is 0 Å². The van der Waals surface area contributed by atoms with Crippen LogP contribution >= 0.6 is 0 Å². The van der Waals surface area contributed by atoms with E-state index in [9.17, 15) is 10.2 Å². The van der Waals surface area contributed by atoms with Crippen LogP contribution in [0.4, 0.5) is 0 Å². The number of aliphatic hydroxyl groups excluding tert-OH is 1. The van der Waals surface area contributed by atoms with Crippen LogP contribution in [0.15, 0.2) is 0 Å². The van der Waals surface area contributed by atoms with Gasteiger partial charge in [0.15, 0.2) is 0 Å². The first-order valence-electron chi connectivity index (χ1n) is 5.42. The highest BCUT2D eigenvalue weighted by atomic mass is 16.3. The highest BCUT2D eigenvalue weighted by molar-refractivity contribution is 5.14. The molecule has 0 aromatic heterocycles. The molecule has 0 aromatic rings. The average Bonchev–Trinajstić information content (AvgIpc) is 2.14. The molecule has 0 unspecified atom stereocenters. The van der Waals surface area contributed by atoms with Crippen molar-refractivity contribution in [2.24, 2.45) is 5.92 Å². The van der Waals surface area contributed by atoms with Crippen LogP contribution < -0.4 is 0 Å². The van der Waals surface area contributed by atoms with E-state index in [1.165, 1.54) is 19.3 Å². The lowest BCUT2D eigenvalue weighted by Crippen LogP contribution is -2.23. The van der Waals surface area contributed by atoms with Gasteiger partial charge in [0.1, 0.15) is 11.7 Å². The van der Waals surface area contributed by atoms with Gasteiger partial charge in [-0.1, -0.05) is 31.1 Å². The van der Waals surface area contributed by atoms with Crippen LogP contribution in [0.5, 0.6) is 0 Å². The standard InChI is InChI=1S/C12H20O2/c1-12(2,14)9-8-11(13)10-6-4-3-5-7-10/h10-11,13-14H,3-7H2,1-2H3/t11-/m0/s1. The van der Waals surface area contributed by atoms with Gasteiger partial charge < -0.3 is 10.2 Å². The van der Waals surface area contributed by atoms with Crippen molar-refractivity contribution < 1.29 is 10.2 Å². The van der Waals surface area contributed by atoms with E-state index in [0.717, 1.165) is 12.8 Å². The number of hydrogen-bond donors (Lipinski definition) is 2. The van der Waals surface area contributed by atoms with E-state index in [2.05, 4.69) is 11.8 Å². The van der Waals surface area contributed by atoms with E-state index in [1.807, 2.05) is 0 Å². The largest absolute Gasteiger partial charge is 0.380 e. The molecule has 1 fully saturated rings. The van der Waals surface area contributed by atoms with Gasteiger partial charge in [-0.05, 0) is 32.6 Å². The van der Waals surface area contributed by atoms with Gasteiger partial charge in [0.2, 0.25) is 0 Å². The topological polar surface area (TPSA) is 40.5 Å². The Labute approximate surface area is 86.3 Å². The van der Waals surface area contributed by atoms with E-state index in [4.69, 9.17) is 0 Å². The summed E-state index contributed by atoms with van der Waals surface area (Å²) in [5.41, 5.74) is -0.990. The Balaban J connectivity index is 2.46. The van der Waals surface area contributed by atoms with Crippen molar-refractivity contribution in [3.63, 3.8) is 0 Å². The summed E-state index contributed by atoms with van der Waals surface area (Å²) in [6, 6.07) is 0. The summed E-state index contributed by atoms with van der Waals surface area (Å²) in [6.45, 7) is 3.27. The van der Waals surface area contributed by atoms with E-state index in [0.29, 0.717) is 5.92 Å². The molecule has 0 aromatic carbocycles. The molecular weight excluding hydrogens is 176 g/mol. The minimum absolute atomic E-state index is 0.318. The Kier molecular flexibility index (Phi) is 3.97. The van der Waals surface area contributed by atoms with Gasteiger partial charge in [0.05, 0.1) is 0 Å². The third-order valence-electron chi connectivity index (χ3n) is 2.62. The summed E-state index contributed by atoms with van der Waals surface area (Å²) in [7, 11) is 0. The molecule has 2 nitrogen and oxygen atoms in total. The summed E-state index contributed by atoms with van der Waals surface area (Å²) in [5, 5.41) is 19.1. The molecule has 1 saturated carbocycles. The van der Waals surface area contributed by atoms with Crippen LogP contribution in [0.2, 0.25) is 0 Å². The zero-order chi connectivity index (χ0) is 10.6. The summed E-state index contributed by atoms with van der Waals surface area (Å²) in [4.78, 5) is 0. The maximum atomic E-state index is 9.75. The van der Waals surface area contributed by atoms with Crippen molar-refractivity contribution in [1.82, 2.24) is 0 Å². The molecule has 0 bridgehead atoms. The second-order valence-corrected chi connectivity index (χ2v) is 4.67. The third kappa shape index (κ3) is 4.13. The molecule has 1 atom stereocenters. The zero-order valence-electron chi connectivity index (χ0n) is 9.08. The van der Waals surface area contributed by atoms with Crippen molar-refractivity contribution >= 4 is 0 Å². The first kappa shape index (κ1) is 11.6. The van der Waals surface area contributed by atoms with Crippen LogP contribution in [0.1, 0.15) is 46.0 Å². The number of rotatable bonds is 1. The van der Waals surface area contributed by atoms with Crippen LogP contribution in [-0.4, -0.2) is 21.9 Å². The smallest absolute Gasteiger partial charge is 0.120 e. The van der Waals surface area contributed by atoms with E-state index in [1.54, 1.807) is 13.8 Å². The third-order valence-corrected chi connectivity index (χ3v) is 2.62. The summed E-state index contributed by atoms with van der Waals surface area (Å²) in [5.74, 6) is 5.74. The Bertz CT molecular complexity index is 223. The highest BCUT2D eigenvalue weighted by Crippen LogP contribution is 2.26. The Morgan fingerprint density at radius 1 is 1.21 bits per heavy atom. The van der Waals surface area contributed by atoms with Gasteiger partial charge in [0.25, 0.3) is 0 Å². The van der Waals surface area contributed by atoms with Gasteiger partial charge in [-0.25, -0.2) is 0 Å². The molecule has 1 aliphatic rings. The maximum absolute atomic E-state index is 9.75. The van der Waals surface area contributed by atoms with E-state index < -0.39 is 11.7 Å². The lowest BCUT2D eigenvalue weighted by Gasteiger charge is -2.23. The molecule has 1 aliphatic carbocycles. The summed E-state index contributed by atoms with van der Waals surface area (Å²) >= 11 is 0. The van der Waals surface area contributed by atoms with Crippen LogP contribution in [0, 0.1) is 17.8 Å². The van der Waals surface area contributed by atoms with Crippen molar-refractivity contribution in [3.05, 3.63) is 0 Å². The molecule has 0 spiro atoms. The van der Waals surface area contributed by atoms with Crippen molar-refractivity contribution in [2.75, 3.05) is 0 Å². The second-order valence-electron chi connectivity index (χ2n) is 4.67. The predicted molar refractivity (Wildman–Crippen MR) is 56.7 cm³/mol. The van der Waals surface area contributed by atoms with Gasteiger partial charge >= 0.3 is 0 Å². The number of aliphatic hydroxyl groups is 2. The minimum Gasteiger partial charge on any atom is -0.380 e. The van der Waals surface area contributed by atoms with Crippen molar-refractivity contribution in [1.29, 1.82) is 0 Å². The highest BCUT2D eigenvalue weighted by Gasteiger charge is 2.20. The fourth-order valence-electron chi connectivity index (χ4n) is 1.82. The lowest BCUT2D eigenvalue weighted by molar-refractivity contribution is 0.126. The van der Waals surface area contributed by atoms with E-state index in [-0.39, 0.29) is 0 Å². The van der Waals surface area contributed by atoms with Gasteiger partial charge in [-0.3, -0.25) is 0 Å². The molecule has 0 aliphatic heterocycles. The van der Waals surface area contributed by atoms with Gasteiger partial charge in [-0.2, -0.15) is 0 Å². The Morgan fingerprint density at radius 2 is 1.79 bits per heavy atom. The predicted octanol–water partition coefficient (Wildman–Crippen LogP) is 1.70. The van der Waals surface area contributed by atoms with Gasteiger partial charge in [0, 0.05) is 0 Å². The van der Waals surface area contributed by atoms with Gasteiger partial charge in [-0.15, -0.1) is 0 Å². The molecular formula is C12H20O2. The summed E-state index contributed by atoms with van der Waals surface area (Å²) in [6.07, 6.45) is 5.27. The first-order valence-corrected chi connectivity index (χ1v) is 5.42. The number of hydrogen-bond acceptors (Lipinski definition) is 2. The quantitative estimate of drug-likeness (QED) is 0.627. The molecule has 2 heteroatoms. The Hall–Kier alpha value is -0.520. The molecule has 0 saturated heterocycles.